The van der Waals surface area contributed by atoms with E-state index < -0.39 is 11.7 Å². The molecular formula is C28H26FN7OS. The van der Waals surface area contributed by atoms with Crippen molar-refractivity contribution >= 4 is 40.0 Å². The van der Waals surface area contributed by atoms with Gasteiger partial charge < -0.3 is 10.6 Å². The van der Waals surface area contributed by atoms with Crippen LogP contribution >= 0.6 is 11.8 Å². The number of nitrogens with zero attached hydrogens (tertiary/aromatic N) is 6. The predicted molar refractivity (Wildman–Crippen MR) is 147 cm³/mol. The van der Waals surface area contributed by atoms with E-state index in [2.05, 4.69) is 45.9 Å². The third-order valence-corrected chi connectivity index (χ3v) is 8.69. The number of fused-ring (bicyclic) bond motifs is 4. The number of aryl methyl sites for hydroxylation is 1. The van der Waals surface area contributed by atoms with E-state index in [0.717, 1.165) is 28.1 Å². The van der Waals surface area contributed by atoms with Gasteiger partial charge in [-0.1, -0.05) is 12.1 Å². The van der Waals surface area contributed by atoms with Gasteiger partial charge in [-0.2, -0.15) is 0 Å². The molecule has 5 aromatic rings. The Morgan fingerprint density at radius 2 is 1.89 bits per heavy atom. The Morgan fingerprint density at radius 1 is 1.13 bits per heavy atom. The highest BCUT2D eigenvalue weighted by molar-refractivity contribution is 8.00. The fraction of sp³-hybridized carbons (Fsp3) is 0.250. The van der Waals surface area contributed by atoms with E-state index in [-0.39, 0.29) is 22.2 Å². The Hall–Kier alpha value is -4.05. The van der Waals surface area contributed by atoms with Gasteiger partial charge >= 0.3 is 0 Å². The summed E-state index contributed by atoms with van der Waals surface area (Å²) in [4.78, 5) is 32.5. The van der Waals surface area contributed by atoms with E-state index in [1.54, 1.807) is 40.6 Å². The normalized spacial score (nSPS) is 16.5. The van der Waals surface area contributed by atoms with Crippen LogP contribution in [0.5, 0.6) is 0 Å². The minimum atomic E-state index is -0.639. The van der Waals surface area contributed by atoms with Gasteiger partial charge in [0, 0.05) is 41.6 Å². The second-order valence-corrected chi connectivity index (χ2v) is 11.7. The van der Waals surface area contributed by atoms with Crippen LogP contribution in [0.3, 0.4) is 0 Å². The number of hydrogen-bond acceptors (Lipinski definition) is 7. The van der Waals surface area contributed by atoms with E-state index >= 15 is 4.39 Å². The average molecular weight is 528 g/mol. The Morgan fingerprint density at radius 3 is 2.66 bits per heavy atom. The summed E-state index contributed by atoms with van der Waals surface area (Å²) in [6, 6.07) is 8.82. The highest BCUT2D eigenvalue weighted by atomic mass is 32.2. The number of benzene rings is 2. The molecule has 0 saturated heterocycles. The lowest BCUT2D eigenvalue weighted by molar-refractivity contribution is 0.0738. The molecule has 0 fully saturated rings. The maximum atomic E-state index is 15.3. The van der Waals surface area contributed by atoms with Crippen LogP contribution in [-0.4, -0.2) is 47.9 Å². The van der Waals surface area contributed by atoms with Crippen molar-refractivity contribution in [2.45, 2.75) is 31.6 Å². The number of rotatable bonds is 3. The molecule has 0 radical (unpaired) electrons. The largest absolute Gasteiger partial charge is 0.382 e. The van der Waals surface area contributed by atoms with Crippen molar-refractivity contribution in [3.63, 3.8) is 0 Å². The Bertz CT molecular complexity index is 1730. The van der Waals surface area contributed by atoms with E-state index in [9.17, 15) is 4.79 Å². The zero-order chi connectivity index (χ0) is 26.8. The average Bonchev–Trinajstić information content (AvgIpc) is 3.39. The molecule has 2 N–H and O–H groups in total. The van der Waals surface area contributed by atoms with Crippen LogP contribution in [0.2, 0.25) is 0 Å². The standard InChI is InChI=1S/C28H26FN7OS/c1-15-32-10-17(11-33-15)16-5-6-18-20(7-16)28(2,3)38-13-25(18)35(4)27(37)19-8-23-22(9-21(19)29)34-26(30)24-12-31-14-36(23)24/h5-12,14,25H,13H2,1-4H3,(H2,30,34)/t25-/m1/s1. The van der Waals surface area contributed by atoms with E-state index in [0.29, 0.717) is 22.3 Å². The number of imidazole rings is 1. The molecule has 6 rings (SSSR count). The summed E-state index contributed by atoms with van der Waals surface area (Å²) < 4.78 is 16.8. The Balaban J connectivity index is 1.40. The van der Waals surface area contributed by atoms with Gasteiger partial charge in [0.25, 0.3) is 5.91 Å². The topological polar surface area (TPSA) is 102 Å². The van der Waals surface area contributed by atoms with Crippen LogP contribution in [0, 0.1) is 12.7 Å². The van der Waals surface area contributed by atoms with Crippen molar-refractivity contribution in [2.24, 2.45) is 0 Å². The number of aromatic nitrogens is 5. The van der Waals surface area contributed by atoms with E-state index in [4.69, 9.17) is 5.73 Å². The van der Waals surface area contributed by atoms with Gasteiger partial charge in [0.1, 0.15) is 23.0 Å². The zero-order valence-corrected chi connectivity index (χ0v) is 22.3. The third-order valence-electron chi connectivity index (χ3n) is 7.26. The third kappa shape index (κ3) is 3.87. The van der Waals surface area contributed by atoms with Gasteiger partial charge in [0.15, 0.2) is 0 Å². The number of anilines is 1. The number of amides is 1. The molecule has 4 heterocycles. The molecule has 0 unspecified atom stereocenters. The van der Waals surface area contributed by atoms with Crippen molar-refractivity contribution in [1.29, 1.82) is 0 Å². The van der Waals surface area contributed by atoms with E-state index in [1.807, 2.05) is 25.4 Å². The van der Waals surface area contributed by atoms with Gasteiger partial charge in [-0.3, -0.25) is 9.20 Å². The fourth-order valence-corrected chi connectivity index (χ4v) is 6.37. The van der Waals surface area contributed by atoms with Crippen molar-refractivity contribution in [1.82, 2.24) is 29.2 Å². The van der Waals surface area contributed by atoms with Crippen molar-refractivity contribution < 1.29 is 9.18 Å². The number of hydrogen-bond donors (Lipinski definition) is 1. The smallest absolute Gasteiger partial charge is 0.257 e. The minimum absolute atomic E-state index is 0.0219. The zero-order valence-electron chi connectivity index (χ0n) is 21.4. The number of nitrogen functional groups attached to an aromatic ring is 1. The molecular weight excluding hydrogens is 501 g/mol. The number of carbonyl (C=O) groups is 1. The Kier molecular flexibility index (Phi) is 5.60. The summed E-state index contributed by atoms with van der Waals surface area (Å²) >= 11 is 1.77. The summed E-state index contributed by atoms with van der Waals surface area (Å²) in [5.74, 6) is 0.618. The summed E-state index contributed by atoms with van der Waals surface area (Å²) in [6.07, 6.45) is 6.82. The minimum Gasteiger partial charge on any atom is -0.382 e. The molecule has 0 aliphatic carbocycles. The number of halogens is 1. The highest BCUT2D eigenvalue weighted by Crippen LogP contribution is 2.48. The summed E-state index contributed by atoms with van der Waals surface area (Å²) in [7, 11) is 1.73. The van der Waals surface area contributed by atoms with Gasteiger partial charge in [0.2, 0.25) is 0 Å². The van der Waals surface area contributed by atoms with Crippen molar-refractivity contribution in [3.8, 4) is 11.1 Å². The second kappa shape index (κ2) is 8.76. The lowest BCUT2D eigenvalue weighted by Crippen LogP contribution is -2.37. The molecule has 0 bridgehead atoms. The first-order valence-corrected chi connectivity index (χ1v) is 13.2. The molecule has 38 heavy (non-hydrogen) atoms. The monoisotopic (exact) mass is 527 g/mol. The summed E-state index contributed by atoms with van der Waals surface area (Å²) in [6.45, 7) is 6.22. The van der Waals surface area contributed by atoms with Gasteiger partial charge in [0.05, 0.1) is 35.2 Å². The first kappa shape index (κ1) is 24.3. The molecule has 1 amide bonds. The maximum absolute atomic E-state index is 15.3. The first-order chi connectivity index (χ1) is 18.1. The summed E-state index contributed by atoms with van der Waals surface area (Å²) in [5, 5.41) is 0. The van der Waals surface area contributed by atoms with Crippen LogP contribution in [0.4, 0.5) is 10.2 Å². The number of carbonyl (C=O) groups excluding carboxylic acids is 1. The van der Waals surface area contributed by atoms with Gasteiger partial charge in [-0.25, -0.2) is 24.3 Å². The highest BCUT2D eigenvalue weighted by Gasteiger charge is 2.37. The SMILES string of the molecule is Cc1ncc(-c2ccc3c(c2)C(C)(C)SC[C@H]3N(C)C(=O)c2cc3c(cc2F)nc(N)c2cncn23)cn1. The number of thioether (sulfide) groups is 1. The molecule has 1 atom stereocenters. The van der Waals surface area contributed by atoms with Gasteiger partial charge in [-0.15, -0.1) is 11.8 Å². The molecule has 0 spiro atoms. The van der Waals surface area contributed by atoms with Crippen molar-refractivity contribution in [3.05, 3.63) is 83.6 Å². The summed E-state index contributed by atoms with van der Waals surface area (Å²) in [5.41, 5.74) is 11.6. The fourth-order valence-electron chi connectivity index (χ4n) is 5.06. The molecule has 1 aliphatic rings. The molecule has 192 valence electrons. The molecule has 8 nitrogen and oxygen atoms in total. The second-order valence-electron chi connectivity index (χ2n) is 10.0. The van der Waals surface area contributed by atoms with Crippen LogP contribution < -0.4 is 5.73 Å². The van der Waals surface area contributed by atoms with Crippen LogP contribution in [0.1, 0.15) is 47.2 Å². The molecule has 0 saturated carbocycles. The lowest BCUT2D eigenvalue weighted by atomic mass is 9.88. The number of nitrogens with two attached hydrogens (primary N) is 1. The van der Waals surface area contributed by atoms with Crippen LogP contribution in [0.25, 0.3) is 27.7 Å². The molecule has 2 aromatic carbocycles. The maximum Gasteiger partial charge on any atom is 0.257 e. The van der Waals surface area contributed by atoms with Crippen molar-refractivity contribution in [2.75, 3.05) is 18.5 Å². The van der Waals surface area contributed by atoms with Crippen LogP contribution in [-0.2, 0) is 4.75 Å². The lowest BCUT2D eigenvalue weighted by Gasteiger charge is -2.40. The molecule has 3 aromatic heterocycles. The Labute approximate surface area is 223 Å². The molecule has 10 heteroatoms. The van der Waals surface area contributed by atoms with Crippen LogP contribution in [0.15, 0.2) is 55.2 Å². The van der Waals surface area contributed by atoms with E-state index in [1.165, 1.54) is 12.1 Å². The first-order valence-electron chi connectivity index (χ1n) is 12.2. The quantitative estimate of drug-likeness (QED) is 0.346. The predicted octanol–water partition coefficient (Wildman–Crippen LogP) is 5.16. The van der Waals surface area contributed by atoms with Gasteiger partial charge in [-0.05, 0) is 49.6 Å². The molecule has 1 aliphatic heterocycles.